The lowest BCUT2D eigenvalue weighted by molar-refractivity contribution is 0.962. The fraction of sp³-hybridized carbons (Fsp3) is 0.400. The minimum atomic E-state index is 0.152. The predicted molar refractivity (Wildman–Crippen MR) is 48.8 cm³/mol. The van der Waals surface area contributed by atoms with Gasteiger partial charge in [0, 0.05) is 9.75 Å². The second kappa shape index (κ2) is 2.12. The van der Waals surface area contributed by atoms with E-state index in [1.54, 1.807) is 0 Å². The highest BCUT2D eigenvalue weighted by Gasteiger charge is 2.43. The van der Waals surface area contributed by atoms with Gasteiger partial charge in [-0.1, -0.05) is 5.92 Å². The normalized spacial score (nSPS) is 19.3. The zero-order chi connectivity index (χ0) is 7.90. The highest BCUT2D eigenvalue weighted by Crippen LogP contribution is 2.49. The maximum absolute atomic E-state index is 5.47. The first-order chi connectivity index (χ1) is 5.27. The van der Waals surface area contributed by atoms with Crippen LogP contribution >= 0.6 is 11.3 Å². The summed E-state index contributed by atoms with van der Waals surface area (Å²) in [5.74, 6) is 2.89. The van der Waals surface area contributed by atoms with Gasteiger partial charge in [-0.15, -0.1) is 17.8 Å². The molecule has 1 aromatic heterocycles. The Kier molecular flexibility index (Phi) is 1.34. The Morgan fingerprint density at radius 1 is 1.55 bits per heavy atom. The molecule has 0 radical (unpaired) electrons. The van der Waals surface area contributed by atoms with Gasteiger partial charge in [-0.25, -0.2) is 0 Å². The molecule has 1 aliphatic rings. The molecule has 1 heteroatoms. The van der Waals surface area contributed by atoms with E-state index in [-0.39, 0.29) is 5.41 Å². The van der Waals surface area contributed by atoms with E-state index in [4.69, 9.17) is 6.42 Å². The standard InChI is InChI=1S/C10H10S/c1-3-10(6-7-10)9-5-4-8(2)11-9/h1,4-5H,6-7H2,2H3. The SMILES string of the molecule is C#CC1(c2ccc(C)s2)CC1. The summed E-state index contributed by atoms with van der Waals surface area (Å²) in [6.07, 6.45) is 7.83. The molecule has 0 aliphatic heterocycles. The van der Waals surface area contributed by atoms with Crippen molar-refractivity contribution in [2.75, 3.05) is 0 Å². The van der Waals surface area contributed by atoms with Crippen molar-refractivity contribution in [3.05, 3.63) is 21.9 Å². The van der Waals surface area contributed by atoms with Crippen LogP contribution in [0.25, 0.3) is 0 Å². The summed E-state index contributed by atoms with van der Waals surface area (Å²) in [5.41, 5.74) is 0.152. The Morgan fingerprint density at radius 3 is 2.64 bits per heavy atom. The minimum absolute atomic E-state index is 0.152. The van der Waals surface area contributed by atoms with Crippen LogP contribution in [0.15, 0.2) is 12.1 Å². The second-order valence-electron chi connectivity index (χ2n) is 3.14. The minimum Gasteiger partial charge on any atom is -0.144 e. The molecule has 1 fully saturated rings. The Balaban J connectivity index is 2.38. The van der Waals surface area contributed by atoms with Crippen molar-refractivity contribution in [2.24, 2.45) is 0 Å². The Morgan fingerprint density at radius 2 is 2.27 bits per heavy atom. The van der Waals surface area contributed by atoms with Crippen LogP contribution in [0.5, 0.6) is 0 Å². The molecule has 1 saturated carbocycles. The van der Waals surface area contributed by atoms with Crippen LogP contribution in [-0.4, -0.2) is 0 Å². The molecule has 1 heterocycles. The summed E-state index contributed by atoms with van der Waals surface area (Å²) in [7, 11) is 0. The molecule has 0 amide bonds. The highest BCUT2D eigenvalue weighted by atomic mass is 32.1. The van der Waals surface area contributed by atoms with Crippen LogP contribution in [0, 0.1) is 19.3 Å². The van der Waals surface area contributed by atoms with Gasteiger partial charge in [-0.2, -0.15) is 0 Å². The molecule has 0 bridgehead atoms. The molecular formula is C10H10S. The van der Waals surface area contributed by atoms with Crippen LogP contribution in [0.1, 0.15) is 22.6 Å². The summed E-state index contributed by atoms with van der Waals surface area (Å²) in [5, 5.41) is 0. The van der Waals surface area contributed by atoms with Crippen molar-refractivity contribution >= 4 is 11.3 Å². The number of aryl methyl sites for hydroxylation is 1. The van der Waals surface area contributed by atoms with Crippen LogP contribution in [0.4, 0.5) is 0 Å². The molecular weight excluding hydrogens is 152 g/mol. The molecule has 11 heavy (non-hydrogen) atoms. The van der Waals surface area contributed by atoms with Crippen molar-refractivity contribution in [1.82, 2.24) is 0 Å². The van der Waals surface area contributed by atoms with Crippen molar-refractivity contribution in [2.45, 2.75) is 25.2 Å². The molecule has 0 saturated heterocycles. The Labute approximate surface area is 71.3 Å². The number of hydrogen-bond acceptors (Lipinski definition) is 1. The second-order valence-corrected chi connectivity index (χ2v) is 4.42. The number of hydrogen-bond donors (Lipinski definition) is 0. The van der Waals surface area contributed by atoms with Crippen molar-refractivity contribution in [3.8, 4) is 12.3 Å². The summed E-state index contributed by atoms with van der Waals surface area (Å²) < 4.78 is 0. The molecule has 1 aromatic rings. The molecule has 0 atom stereocenters. The first-order valence-corrected chi connectivity index (χ1v) is 4.63. The predicted octanol–water partition coefficient (Wildman–Crippen LogP) is 2.72. The third-order valence-corrected chi connectivity index (χ3v) is 3.44. The molecule has 0 aromatic carbocycles. The van der Waals surface area contributed by atoms with E-state index in [1.807, 2.05) is 11.3 Å². The maximum Gasteiger partial charge on any atom is 0.0654 e. The molecule has 0 unspecified atom stereocenters. The molecule has 1 aliphatic carbocycles. The number of terminal acetylenes is 1. The monoisotopic (exact) mass is 162 g/mol. The molecule has 2 rings (SSSR count). The van der Waals surface area contributed by atoms with Crippen molar-refractivity contribution in [3.63, 3.8) is 0 Å². The quantitative estimate of drug-likeness (QED) is 0.557. The van der Waals surface area contributed by atoms with Crippen LogP contribution < -0.4 is 0 Å². The smallest absolute Gasteiger partial charge is 0.0654 e. The average molecular weight is 162 g/mol. The summed E-state index contributed by atoms with van der Waals surface area (Å²) in [4.78, 5) is 2.75. The van der Waals surface area contributed by atoms with E-state index in [1.165, 1.54) is 22.6 Å². The van der Waals surface area contributed by atoms with Gasteiger partial charge >= 0.3 is 0 Å². The van der Waals surface area contributed by atoms with Gasteiger partial charge in [0.05, 0.1) is 5.41 Å². The van der Waals surface area contributed by atoms with E-state index < -0.39 is 0 Å². The van der Waals surface area contributed by atoms with Gasteiger partial charge in [0.1, 0.15) is 0 Å². The van der Waals surface area contributed by atoms with Gasteiger partial charge in [-0.3, -0.25) is 0 Å². The van der Waals surface area contributed by atoms with E-state index in [9.17, 15) is 0 Å². The first-order valence-electron chi connectivity index (χ1n) is 3.81. The molecule has 56 valence electrons. The first kappa shape index (κ1) is 6.94. The van der Waals surface area contributed by atoms with Gasteiger partial charge in [0.15, 0.2) is 0 Å². The fourth-order valence-electron chi connectivity index (χ4n) is 1.28. The fourth-order valence-corrected chi connectivity index (χ4v) is 2.36. The molecule has 0 nitrogen and oxygen atoms in total. The van der Waals surface area contributed by atoms with Crippen LogP contribution in [0.3, 0.4) is 0 Å². The Hall–Kier alpha value is -0.740. The summed E-state index contributed by atoms with van der Waals surface area (Å²) >= 11 is 1.84. The third kappa shape index (κ3) is 0.985. The third-order valence-electron chi connectivity index (χ3n) is 2.24. The Bertz CT molecular complexity index is 310. The van der Waals surface area contributed by atoms with Crippen LogP contribution in [-0.2, 0) is 5.41 Å². The van der Waals surface area contributed by atoms with Gasteiger partial charge in [0.25, 0.3) is 0 Å². The lowest BCUT2D eigenvalue weighted by Crippen LogP contribution is -1.97. The maximum atomic E-state index is 5.47. The summed E-state index contributed by atoms with van der Waals surface area (Å²) in [6.45, 7) is 2.13. The van der Waals surface area contributed by atoms with Gasteiger partial charge in [0.2, 0.25) is 0 Å². The van der Waals surface area contributed by atoms with E-state index in [0.29, 0.717) is 0 Å². The van der Waals surface area contributed by atoms with Gasteiger partial charge < -0.3 is 0 Å². The van der Waals surface area contributed by atoms with Crippen molar-refractivity contribution in [1.29, 1.82) is 0 Å². The molecule has 0 spiro atoms. The average Bonchev–Trinajstić information content (AvgIpc) is 2.70. The largest absolute Gasteiger partial charge is 0.144 e. The zero-order valence-electron chi connectivity index (χ0n) is 6.55. The van der Waals surface area contributed by atoms with Gasteiger partial charge in [-0.05, 0) is 31.9 Å². The zero-order valence-corrected chi connectivity index (χ0v) is 7.37. The summed E-state index contributed by atoms with van der Waals surface area (Å²) in [6, 6.07) is 4.32. The van der Waals surface area contributed by atoms with E-state index in [2.05, 4.69) is 25.0 Å². The van der Waals surface area contributed by atoms with Crippen molar-refractivity contribution < 1.29 is 0 Å². The lowest BCUT2D eigenvalue weighted by Gasteiger charge is -2.01. The van der Waals surface area contributed by atoms with Crippen LogP contribution in [0.2, 0.25) is 0 Å². The lowest BCUT2D eigenvalue weighted by atomic mass is 10.1. The van der Waals surface area contributed by atoms with E-state index >= 15 is 0 Å². The topological polar surface area (TPSA) is 0 Å². The number of thiophene rings is 1. The van der Waals surface area contributed by atoms with E-state index in [0.717, 1.165) is 0 Å². The number of rotatable bonds is 1. The molecule has 0 N–H and O–H groups in total. The highest BCUT2D eigenvalue weighted by molar-refractivity contribution is 7.12.